The van der Waals surface area contributed by atoms with Crippen molar-refractivity contribution in [2.24, 2.45) is 0 Å². The Balaban J connectivity index is 1.62. The van der Waals surface area contributed by atoms with Crippen LogP contribution in [0.4, 0.5) is 0 Å². The molecule has 3 aromatic rings. The summed E-state index contributed by atoms with van der Waals surface area (Å²) in [5.74, 6) is 0.935. The number of allylic oxidation sites excluding steroid dienone is 1. The fraction of sp³-hybridized carbons (Fsp3) is 0.250. The summed E-state index contributed by atoms with van der Waals surface area (Å²) < 4.78 is 6.86. The van der Waals surface area contributed by atoms with Crippen LogP contribution in [-0.2, 0) is 6.42 Å². The minimum absolute atomic E-state index is 0.0806. The minimum Gasteiger partial charge on any atom is -0.492 e. The number of ketones is 1. The van der Waals surface area contributed by atoms with Gasteiger partial charge in [-0.3, -0.25) is 4.79 Å². The summed E-state index contributed by atoms with van der Waals surface area (Å²) in [5.41, 5.74) is 5.96. The van der Waals surface area contributed by atoms with Crippen molar-refractivity contribution in [3.63, 3.8) is 0 Å². The van der Waals surface area contributed by atoms with Crippen molar-refractivity contribution < 1.29 is 9.53 Å². The van der Waals surface area contributed by atoms with Gasteiger partial charge in [-0.1, -0.05) is 78.3 Å². The Morgan fingerprint density at radius 3 is 2.44 bits per heavy atom. The van der Waals surface area contributed by atoms with Crippen molar-refractivity contribution in [1.82, 2.24) is 4.90 Å². The number of benzene rings is 3. The normalized spacial score (nSPS) is 12.9. The molecule has 164 valence electrons. The van der Waals surface area contributed by atoms with E-state index in [0.29, 0.717) is 18.6 Å². The highest BCUT2D eigenvalue weighted by Gasteiger charge is 2.27. The third-order valence-corrected chi connectivity index (χ3v) is 6.52. The van der Waals surface area contributed by atoms with Crippen molar-refractivity contribution in [2.45, 2.75) is 20.3 Å². The number of carbonyl (C=O) groups is 1. The highest BCUT2D eigenvalue weighted by Crippen LogP contribution is 2.39. The average Bonchev–Trinajstić information content (AvgIpc) is 3.21. The lowest BCUT2D eigenvalue weighted by atomic mass is 9.94. The van der Waals surface area contributed by atoms with Gasteiger partial charge in [0.1, 0.15) is 12.4 Å². The van der Waals surface area contributed by atoms with Crippen LogP contribution in [0.5, 0.6) is 5.75 Å². The molecule has 4 rings (SSSR count). The maximum absolute atomic E-state index is 13.5. The number of nitrogens with zero attached hydrogens (tertiary/aromatic N) is 1. The van der Waals surface area contributed by atoms with Crippen LogP contribution in [0.1, 0.15) is 40.9 Å². The van der Waals surface area contributed by atoms with Crippen molar-refractivity contribution in [1.29, 1.82) is 0 Å². The third-order valence-electron chi connectivity index (χ3n) is 6.03. The zero-order valence-electron chi connectivity index (χ0n) is 18.6. The van der Waals surface area contributed by atoms with Crippen LogP contribution in [0.15, 0.2) is 82.8 Å². The second-order valence-electron chi connectivity index (χ2n) is 7.93. The average molecular weight is 490 g/mol. The van der Waals surface area contributed by atoms with Crippen molar-refractivity contribution in [3.8, 4) is 5.75 Å². The topological polar surface area (TPSA) is 29.5 Å². The summed E-state index contributed by atoms with van der Waals surface area (Å²) >= 11 is 3.49. The predicted octanol–water partition coefficient (Wildman–Crippen LogP) is 6.41. The number of fused-ring (bicyclic) bond motifs is 1. The molecule has 3 aromatic carbocycles. The molecule has 0 unspecified atom stereocenters. The number of ether oxygens (including phenoxy) is 1. The van der Waals surface area contributed by atoms with Crippen LogP contribution >= 0.6 is 15.9 Å². The fourth-order valence-corrected chi connectivity index (χ4v) is 4.64. The number of Topliss-reactive ketones (excluding diaryl/α,β-unsaturated/α-hetero) is 1. The van der Waals surface area contributed by atoms with Crippen LogP contribution in [0.3, 0.4) is 0 Å². The molecule has 1 aliphatic carbocycles. The molecular formula is C28H28BrNO2. The lowest BCUT2D eigenvalue weighted by Gasteiger charge is -2.18. The van der Waals surface area contributed by atoms with Crippen LogP contribution in [-0.4, -0.2) is 36.9 Å². The Labute approximate surface area is 198 Å². The Morgan fingerprint density at radius 2 is 1.72 bits per heavy atom. The fourth-order valence-electron chi connectivity index (χ4n) is 4.24. The second kappa shape index (κ2) is 10.3. The molecule has 0 N–H and O–H groups in total. The Bertz CT molecular complexity index is 1130. The van der Waals surface area contributed by atoms with E-state index in [9.17, 15) is 4.79 Å². The number of likely N-dealkylation sites (N-methyl/N-ethyl adjacent to an activating group) is 1. The predicted molar refractivity (Wildman–Crippen MR) is 134 cm³/mol. The molecule has 0 amide bonds. The molecule has 0 saturated heterocycles. The molecule has 0 fully saturated rings. The second-order valence-corrected chi connectivity index (χ2v) is 8.84. The van der Waals surface area contributed by atoms with E-state index < -0.39 is 0 Å². The highest BCUT2D eigenvalue weighted by molar-refractivity contribution is 9.10. The number of carbonyl (C=O) groups excluding carboxylic acids is 1. The van der Waals surface area contributed by atoms with Gasteiger partial charge in [0.05, 0.1) is 0 Å². The van der Waals surface area contributed by atoms with Gasteiger partial charge in [-0.2, -0.15) is 0 Å². The molecule has 0 atom stereocenters. The maximum atomic E-state index is 13.5. The van der Waals surface area contributed by atoms with E-state index in [1.807, 2.05) is 48.5 Å². The molecule has 0 aliphatic heterocycles. The van der Waals surface area contributed by atoms with Crippen molar-refractivity contribution >= 4 is 27.3 Å². The summed E-state index contributed by atoms with van der Waals surface area (Å²) in [7, 11) is 0. The lowest BCUT2D eigenvalue weighted by Crippen LogP contribution is -2.27. The standard InChI is InChI=1S/C28H28BrNO2/c1-3-30(4-2)16-17-32-24-14-12-20(13-15-24)27-25-11-6-5-8-21(25)19-26(27)28(31)22-9-7-10-23(29)18-22/h5-15,18H,3-4,16-17,19H2,1-2H3. The van der Waals surface area contributed by atoms with E-state index in [0.717, 1.165) is 52.1 Å². The first-order valence-electron chi connectivity index (χ1n) is 11.2. The molecule has 0 aromatic heterocycles. The van der Waals surface area contributed by atoms with Gasteiger partial charge in [0.2, 0.25) is 0 Å². The molecule has 4 heteroatoms. The van der Waals surface area contributed by atoms with Gasteiger partial charge in [-0.15, -0.1) is 0 Å². The number of halogens is 1. The molecule has 0 radical (unpaired) electrons. The van der Waals surface area contributed by atoms with Gasteiger partial charge in [0, 0.05) is 28.6 Å². The zero-order chi connectivity index (χ0) is 22.5. The first-order valence-corrected chi connectivity index (χ1v) is 12.0. The number of hydrogen-bond donors (Lipinski definition) is 0. The Morgan fingerprint density at radius 1 is 0.969 bits per heavy atom. The minimum atomic E-state index is 0.0806. The van der Waals surface area contributed by atoms with Crippen molar-refractivity contribution in [3.05, 3.63) is 105 Å². The molecule has 0 heterocycles. The van der Waals surface area contributed by atoms with E-state index in [1.54, 1.807) is 0 Å². The third kappa shape index (κ3) is 4.87. The van der Waals surface area contributed by atoms with Gasteiger partial charge >= 0.3 is 0 Å². The van der Waals surface area contributed by atoms with E-state index in [-0.39, 0.29) is 5.78 Å². The molecule has 32 heavy (non-hydrogen) atoms. The van der Waals surface area contributed by atoms with Gasteiger partial charge in [0.15, 0.2) is 5.78 Å². The quantitative estimate of drug-likeness (QED) is 0.325. The summed E-state index contributed by atoms with van der Waals surface area (Å²) in [4.78, 5) is 15.8. The summed E-state index contributed by atoms with van der Waals surface area (Å²) in [6.45, 7) is 7.97. The first kappa shape index (κ1) is 22.5. The summed E-state index contributed by atoms with van der Waals surface area (Å²) in [6, 6.07) is 24.1. The van der Waals surface area contributed by atoms with Crippen LogP contribution in [0, 0.1) is 0 Å². The van der Waals surface area contributed by atoms with E-state index >= 15 is 0 Å². The van der Waals surface area contributed by atoms with E-state index in [4.69, 9.17) is 4.74 Å². The molecule has 0 spiro atoms. The van der Waals surface area contributed by atoms with Crippen LogP contribution < -0.4 is 4.74 Å². The Kier molecular flexibility index (Phi) is 7.23. The smallest absolute Gasteiger partial charge is 0.190 e. The van der Waals surface area contributed by atoms with Crippen LogP contribution in [0.2, 0.25) is 0 Å². The van der Waals surface area contributed by atoms with E-state index in [1.165, 1.54) is 5.56 Å². The molecular weight excluding hydrogens is 462 g/mol. The molecule has 3 nitrogen and oxygen atoms in total. The zero-order valence-corrected chi connectivity index (χ0v) is 20.2. The van der Waals surface area contributed by atoms with Crippen LogP contribution in [0.25, 0.3) is 5.57 Å². The highest BCUT2D eigenvalue weighted by atomic mass is 79.9. The van der Waals surface area contributed by atoms with Gasteiger partial charge < -0.3 is 9.64 Å². The largest absolute Gasteiger partial charge is 0.492 e. The molecule has 0 saturated carbocycles. The number of rotatable bonds is 9. The van der Waals surface area contributed by atoms with Crippen molar-refractivity contribution in [2.75, 3.05) is 26.2 Å². The van der Waals surface area contributed by atoms with Gasteiger partial charge in [0.25, 0.3) is 0 Å². The lowest BCUT2D eigenvalue weighted by molar-refractivity contribution is 0.103. The first-order chi connectivity index (χ1) is 15.6. The van der Waals surface area contributed by atoms with E-state index in [2.05, 4.69) is 58.9 Å². The maximum Gasteiger partial charge on any atom is 0.190 e. The summed E-state index contributed by atoms with van der Waals surface area (Å²) in [5, 5.41) is 0. The monoisotopic (exact) mass is 489 g/mol. The SMILES string of the molecule is CCN(CC)CCOc1ccc(C2=C(C(=O)c3cccc(Br)c3)Cc3ccccc32)cc1. The number of hydrogen-bond acceptors (Lipinski definition) is 3. The summed E-state index contributed by atoms with van der Waals surface area (Å²) in [6.07, 6.45) is 0.652. The molecule has 0 bridgehead atoms. The Hall–Kier alpha value is -2.69. The van der Waals surface area contributed by atoms with Gasteiger partial charge in [-0.25, -0.2) is 0 Å². The molecule has 1 aliphatic rings. The van der Waals surface area contributed by atoms with Gasteiger partial charge in [-0.05, 0) is 59.6 Å².